The zero-order valence-electron chi connectivity index (χ0n) is 10.1. The molecule has 17 heavy (non-hydrogen) atoms. The van der Waals surface area contributed by atoms with Gasteiger partial charge in [-0.1, -0.05) is 54.0 Å². The maximum atomic E-state index is 6.13. The van der Waals surface area contributed by atoms with E-state index in [1.54, 1.807) is 0 Å². The van der Waals surface area contributed by atoms with Gasteiger partial charge in [0.1, 0.15) is 12.4 Å². The van der Waals surface area contributed by atoms with Crippen molar-refractivity contribution >= 4 is 27.5 Å². The SMILES string of the molecule is C=C(Br)COc1ccc(CNC(C)C)cc1Cl. The van der Waals surface area contributed by atoms with Gasteiger partial charge >= 0.3 is 0 Å². The summed E-state index contributed by atoms with van der Waals surface area (Å²) >= 11 is 9.37. The molecule has 0 saturated heterocycles. The van der Waals surface area contributed by atoms with Crippen LogP contribution in [0, 0.1) is 0 Å². The number of nitrogens with one attached hydrogen (secondary N) is 1. The average molecular weight is 319 g/mol. The van der Waals surface area contributed by atoms with Gasteiger partial charge in [-0.2, -0.15) is 0 Å². The van der Waals surface area contributed by atoms with E-state index in [0.29, 0.717) is 23.4 Å². The second-order valence-corrected chi connectivity index (χ2v) is 5.63. The van der Waals surface area contributed by atoms with E-state index >= 15 is 0 Å². The van der Waals surface area contributed by atoms with Crippen molar-refractivity contribution in [3.8, 4) is 5.75 Å². The lowest BCUT2D eigenvalue weighted by Crippen LogP contribution is -2.21. The Bertz CT molecular complexity index is 393. The van der Waals surface area contributed by atoms with Gasteiger partial charge < -0.3 is 10.1 Å². The molecule has 0 unspecified atom stereocenters. The summed E-state index contributed by atoms with van der Waals surface area (Å²) < 4.78 is 6.27. The van der Waals surface area contributed by atoms with Gasteiger partial charge in [-0.05, 0) is 17.7 Å². The molecule has 94 valence electrons. The van der Waals surface area contributed by atoms with E-state index in [9.17, 15) is 0 Å². The fourth-order valence-electron chi connectivity index (χ4n) is 1.25. The van der Waals surface area contributed by atoms with Crippen LogP contribution in [-0.2, 0) is 6.54 Å². The van der Waals surface area contributed by atoms with Crippen LogP contribution in [0.15, 0.2) is 29.3 Å². The Labute approximate surface area is 116 Å². The van der Waals surface area contributed by atoms with E-state index in [0.717, 1.165) is 16.6 Å². The molecule has 1 rings (SSSR count). The summed E-state index contributed by atoms with van der Waals surface area (Å²) in [5, 5.41) is 3.96. The fourth-order valence-corrected chi connectivity index (χ4v) is 1.62. The third kappa shape index (κ3) is 5.57. The van der Waals surface area contributed by atoms with Crippen molar-refractivity contribution in [3.63, 3.8) is 0 Å². The van der Waals surface area contributed by atoms with Crippen molar-refractivity contribution in [2.45, 2.75) is 26.4 Å². The van der Waals surface area contributed by atoms with Crippen molar-refractivity contribution in [1.29, 1.82) is 0 Å². The van der Waals surface area contributed by atoms with Crippen LogP contribution in [0.25, 0.3) is 0 Å². The predicted octanol–water partition coefficient (Wildman–Crippen LogP) is 4.13. The number of hydrogen-bond donors (Lipinski definition) is 1. The van der Waals surface area contributed by atoms with Crippen molar-refractivity contribution in [1.82, 2.24) is 5.32 Å². The normalized spacial score (nSPS) is 10.6. The number of hydrogen-bond acceptors (Lipinski definition) is 2. The first-order valence-electron chi connectivity index (χ1n) is 5.47. The molecule has 1 aromatic carbocycles. The highest BCUT2D eigenvalue weighted by Crippen LogP contribution is 2.26. The van der Waals surface area contributed by atoms with Crippen LogP contribution >= 0.6 is 27.5 Å². The van der Waals surface area contributed by atoms with Gasteiger partial charge in [0.2, 0.25) is 0 Å². The molecule has 1 N–H and O–H groups in total. The first-order valence-corrected chi connectivity index (χ1v) is 6.64. The molecule has 0 heterocycles. The Morgan fingerprint density at radius 2 is 2.24 bits per heavy atom. The molecule has 0 aliphatic carbocycles. The predicted molar refractivity (Wildman–Crippen MR) is 77.0 cm³/mol. The van der Waals surface area contributed by atoms with Crippen LogP contribution < -0.4 is 10.1 Å². The topological polar surface area (TPSA) is 21.3 Å². The summed E-state index contributed by atoms with van der Waals surface area (Å²) in [6.07, 6.45) is 0. The van der Waals surface area contributed by atoms with Gasteiger partial charge in [-0.15, -0.1) is 0 Å². The molecule has 0 fully saturated rings. The lowest BCUT2D eigenvalue weighted by molar-refractivity contribution is 0.361. The van der Waals surface area contributed by atoms with Gasteiger partial charge in [0.15, 0.2) is 0 Å². The summed E-state index contributed by atoms with van der Waals surface area (Å²) in [7, 11) is 0. The molecule has 0 atom stereocenters. The first kappa shape index (κ1) is 14.6. The molecule has 0 saturated carbocycles. The molecule has 1 aromatic rings. The second-order valence-electron chi connectivity index (χ2n) is 4.11. The van der Waals surface area contributed by atoms with Crippen LogP contribution in [-0.4, -0.2) is 12.6 Å². The molecule has 0 bridgehead atoms. The summed E-state index contributed by atoms with van der Waals surface area (Å²) in [6.45, 7) is 9.16. The lowest BCUT2D eigenvalue weighted by Gasteiger charge is -2.11. The minimum atomic E-state index is 0.420. The summed E-state index contributed by atoms with van der Waals surface area (Å²) in [5.41, 5.74) is 1.15. The summed E-state index contributed by atoms with van der Waals surface area (Å²) in [5.74, 6) is 0.681. The smallest absolute Gasteiger partial charge is 0.138 e. The van der Waals surface area contributed by atoms with Crippen LogP contribution in [0.2, 0.25) is 5.02 Å². The number of halogens is 2. The molecule has 0 radical (unpaired) electrons. The molecule has 2 nitrogen and oxygen atoms in total. The minimum Gasteiger partial charge on any atom is -0.487 e. The Morgan fingerprint density at radius 3 is 2.76 bits per heavy atom. The van der Waals surface area contributed by atoms with E-state index in [1.807, 2.05) is 18.2 Å². The van der Waals surface area contributed by atoms with Gasteiger partial charge in [0.25, 0.3) is 0 Å². The minimum absolute atomic E-state index is 0.420. The van der Waals surface area contributed by atoms with Gasteiger partial charge in [0, 0.05) is 17.1 Å². The van der Waals surface area contributed by atoms with Crippen LogP contribution in [0.5, 0.6) is 5.75 Å². The fraction of sp³-hybridized carbons (Fsp3) is 0.385. The monoisotopic (exact) mass is 317 g/mol. The standard InChI is InChI=1S/C13H17BrClNO/c1-9(2)16-7-11-4-5-13(12(15)6-11)17-8-10(3)14/h4-6,9,16H,3,7-8H2,1-2H3. The largest absolute Gasteiger partial charge is 0.487 e. The van der Waals surface area contributed by atoms with Crippen molar-refractivity contribution < 1.29 is 4.74 Å². The Hall–Kier alpha value is -0.510. The molecule has 0 aromatic heterocycles. The van der Waals surface area contributed by atoms with Gasteiger partial charge in [0.05, 0.1) is 5.02 Å². The first-order chi connectivity index (χ1) is 7.99. The third-order valence-corrected chi connectivity index (χ3v) is 2.62. The van der Waals surface area contributed by atoms with Crippen LogP contribution in [0.3, 0.4) is 0 Å². The maximum absolute atomic E-state index is 6.13. The zero-order valence-corrected chi connectivity index (χ0v) is 12.4. The third-order valence-electron chi connectivity index (χ3n) is 2.10. The summed E-state index contributed by atoms with van der Waals surface area (Å²) in [6, 6.07) is 6.27. The molecule has 0 aliphatic rings. The van der Waals surface area contributed by atoms with E-state index in [2.05, 4.69) is 41.7 Å². The van der Waals surface area contributed by atoms with Crippen molar-refractivity contribution in [2.24, 2.45) is 0 Å². The van der Waals surface area contributed by atoms with Crippen molar-refractivity contribution in [3.05, 3.63) is 39.8 Å². The zero-order chi connectivity index (χ0) is 12.8. The quantitative estimate of drug-likeness (QED) is 0.851. The van der Waals surface area contributed by atoms with Crippen LogP contribution in [0.4, 0.5) is 0 Å². The van der Waals surface area contributed by atoms with E-state index in [4.69, 9.17) is 16.3 Å². The van der Waals surface area contributed by atoms with E-state index in [1.165, 1.54) is 0 Å². The molecule has 4 heteroatoms. The molecule has 0 spiro atoms. The highest BCUT2D eigenvalue weighted by atomic mass is 79.9. The Balaban J connectivity index is 2.62. The van der Waals surface area contributed by atoms with Crippen LogP contribution in [0.1, 0.15) is 19.4 Å². The van der Waals surface area contributed by atoms with Gasteiger partial charge in [-0.25, -0.2) is 0 Å². The number of ether oxygens (including phenoxy) is 1. The number of rotatable bonds is 6. The molecular weight excluding hydrogens is 302 g/mol. The summed E-state index contributed by atoms with van der Waals surface area (Å²) in [4.78, 5) is 0. The highest BCUT2D eigenvalue weighted by molar-refractivity contribution is 9.11. The van der Waals surface area contributed by atoms with Crippen molar-refractivity contribution in [2.75, 3.05) is 6.61 Å². The van der Waals surface area contributed by atoms with Gasteiger partial charge in [-0.3, -0.25) is 0 Å². The lowest BCUT2D eigenvalue weighted by atomic mass is 10.2. The maximum Gasteiger partial charge on any atom is 0.138 e. The molecular formula is C13H17BrClNO. The molecule has 0 amide bonds. The second kappa shape index (κ2) is 7.04. The Kier molecular flexibility index (Phi) is 6.03. The van der Waals surface area contributed by atoms with E-state index in [-0.39, 0.29) is 0 Å². The Morgan fingerprint density at radius 1 is 1.53 bits per heavy atom. The molecule has 0 aliphatic heterocycles. The highest BCUT2D eigenvalue weighted by Gasteiger charge is 2.04. The average Bonchev–Trinajstić information content (AvgIpc) is 2.24. The number of benzene rings is 1. The van der Waals surface area contributed by atoms with E-state index < -0.39 is 0 Å².